The Kier molecular flexibility index (Phi) is 5.53. The summed E-state index contributed by atoms with van der Waals surface area (Å²) in [6.45, 7) is 2.05. The molecule has 0 saturated carbocycles. The molecule has 0 spiro atoms. The Bertz CT molecular complexity index is 551. The molecule has 0 saturated heterocycles. The average Bonchev–Trinajstić information content (AvgIpc) is 2.44. The third kappa shape index (κ3) is 3.80. The molecular formula is C14H16N4O. The highest BCUT2D eigenvalue weighted by Crippen LogP contribution is 2.11. The molecule has 1 heterocycles. The fourth-order valence-electron chi connectivity index (χ4n) is 1.49. The van der Waals surface area contributed by atoms with Gasteiger partial charge in [-0.05, 0) is 13.0 Å². The molecule has 1 amide bonds. The van der Waals surface area contributed by atoms with Crippen molar-refractivity contribution in [2.45, 2.75) is 19.4 Å². The van der Waals surface area contributed by atoms with Crippen LogP contribution >= 0.6 is 0 Å². The lowest BCUT2D eigenvalue weighted by atomic mass is 10.1. The number of amides is 1. The molecule has 1 unspecified atom stereocenters. The quantitative estimate of drug-likeness (QED) is 0.809. The Morgan fingerprint density at radius 1 is 1.63 bits per heavy atom. The predicted octanol–water partition coefficient (Wildman–Crippen LogP) is 0.766. The van der Waals surface area contributed by atoms with Crippen molar-refractivity contribution in [1.82, 2.24) is 9.88 Å². The average molecular weight is 256 g/mol. The standard InChI is InChI=1S/C14H16N4O/c1-11(5-8-16)18(2)14(19)13-6-9-17-10-12(13)4-3-7-15/h6,9-11H,5,7,15H2,1-2H3. The van der Waals surface area contributed by atoms with Gasteiger partial charge >= 0.3 is 0 Å². The zero-order valence-corrected chi connectivity index (χ0v) is 11.1. The van der Waals surface area contributed by atoms with E-state index in [1.165, 1.54) is 4.90 Å². The van der Waals surface area contributed by atoms with Crippen LogP contribution in [0.2, 0.25) is 0 Å². The molecule has 1 rings (SSSR count). The van der Waals surface area contributed by atoms with Crippen LogP contribution in [0.25, 0.3) is 0 Å². The van der Waals surface area contributed by atoms with Gasteiger partial charge in [0.25, 0.3) is 5.91 Å². The van der Waals surface area contributed by atoms with Crippen LogP contribution in [-0.4, -0.2) is 35.4 Å². The number of pyridine rings is 1. The second kappa shape index (κ2) is 7.15. The summed E-state index contributed by atoms with van der Waals surface area (Å²) in [6, 6.07) is 3.52. The number of nitriles is 1. The number of hydrogen-bond acceptors (Lipinski definition) is 4. The fraction of sp³-hybridized carbons (Fsp3) is 0.357. The van der Waals surface area contributed by atoms with Gasteiger partial charge in [0, 0.05) is 25.5 Å². The first-order chi connectivity index (χ1) is 9.11. The lowest BCUT2D eigenvalue weighted by Crippen LogP contribution is -2.35. The maximum Gasteiger partial charge on any atom is 0.255 e. The smallest absolute Gasteiger partial charge is 0.255 e. The SMILES string of the molecule is CC(CC#N)N(C)C(=O)c1ccncc1C#CCN. The highest BCUT2D eigenvalue weighted by molar-refractivity contribution is 5.96. The Balaban J connectivity index is 3.03. The minimum absolute atomic E-state index is 0.152. The second-order valence-electron chi connectivity index (χ2n) is 4.05. The highest BCUT2D eigenvalue weighted by Gasteiger charge is 2.19. The summed E-state index contributed by atoms with van der Waals surface area (Å²) in [6.07, 6.45) is 3.37. The van der Waals surface area contributed by atoms with E-state index in [0.717, 1.165) is 0 Å². The van der Waals surface area contributed by atoms with Gasteiger partial charge < -0.3 is 10.6 Å². The van der Waals surface area contributed by atoms with Gasteiger partial charge in [0.2, 0.25) is 0 Å². The third-order valence-electron chi connectivity index (χ3n) is 2.74. The van der Waals surface area contributed by atoms with Gasteiger partial charge in [-0.25, -0.2) is 0 Å². The van der Waals surface area contributed by atoms with E-state index >= 15 is 0 Å². The summed E-state index contributed by atoms with van der Waals surface area (Å²) in [7, 11) is 1.67. The van der Waals surface area contributed by atoms with Crippen molar-refractivity contribution in [1.29, 1.82) is 5.26 Å². The van der Waals surface area contributed by atoms with Crippen molar-refractivity contribution >= 4 is 5.91 Å². The van der Waals surface area contributed by atoms with Crippen molar-refractivity contribution in [2.75, 3.05) is 13.6 Å². The molecule has 0 fully saturated rings. The van der Waals surface area contributed by atoms with Gasteiger partial charge in [-0.15, -0.1) is 0 Å². The molecule has 0 aliphatic carbocycles. The van der Waals surface area contributed by atoms with Crippen molar-refractivity contribution in [3.05, 3.63) is 29.6 Å². The number of aromatic nitrogens is 1. The summed E-state index contributed by atoms with van der Waals surface area (Å²) < 4.78 is 0. The van der Waals surface area contributed by atoms with Crippen molar-refractivity contribution < 1.29 is 4.79 Å². The Morgan fingerprint density at radius 2 is 2.37 bits per heavy atom. The Hall–Kier alpha value is -2.37. The van der Waals surface area contributed by atoms with Crippen LogP contribution in [0.1, 0.15) is 29.3 Å². The molecule has 0 bridgehead atoms. The van der Waals surface area contributed by atoms with E-state index in [2.05, 4.69) is 22.9 Å². The van der Waals surface area contributed by atoms with Crippen LogP contribution in [0.3, 0.4) is 0 Å². The van der Waals surface area contributed by atoms with Gasteiger partial charge in [-0.1, -0.05) is 11.8 Å². The summed E-state index contributed by atoms with van der Waals surface area (Å²) >= 11 is 0. The maximum atomic E-state index is 12.3. The van der Waals surface area contributed by atoms with Crippen LogP contribution in [0, 0.1) is 23.2 Å². The molecule has 5 nitrogen and oxygen atoms in total. The van der Waals surface area contributed by atoms with Crippen molar-refractivity contribution in [3.8, 4) is 17.9 Å². The summed E-state index contributed by atoms with van der Waals surface area (Å²) in [5.74, 6) is 5.36. The third-order valence-corrected chi connectivity index (χ3v) is 2.74. The molecule has 0 aromatic carbocycles. The molecule has 0 radical (unpaired) electrons. The van der Waals surface area contributed by atoms with E-state index in [4.69, 9.17) is 11.0 Å². The molecule has 0 aliphatic rings. The number of nitrogens with two attached hydrogens (primary N) is 1. The zero-order valence-electron chi connectivity index (χ0n) is 11.1. The topological polar surface area (TPSA) is 83.0 Å². The number of carbonyl (C=O) groups is 1. The van der Waals surface area contributed by atoms with Crippen molar-refractivity contribution in [3.63, 3.8) is 0 Å². The fourth-order valence-corrected chi connectivity index (χ4v) is 1.49. The molecule has 1 aromatic heterocycles. The highest BCUT2D eigenvalue weighted by atomic mass is 16.2. The minimum Gasteiger partial charge on any atom is -0.338 e. The monoisotopic (exact) mass is 256 g/mol. The van der Waals surface area contributed by atoms with E-state index < -0.39 is 0 Å². The van der Waals surface area contributed by atoms with Gasteiger partial charge in [-0.2, -0.15) is 5.26 Å². The van der Waals surface area contributed by atoms with Crippen LogP contribution in [0.4, 0.5) is 0 Å². The van der Waals surface area contributed by atoms with Crippen LogP contribution in [0.15, 0.2) is 18.5 Å². The number of nitrogens with zero attached hydrogens (tertiary/aromatic N) is 3. The summed E-state index contributed by atoms with van der Waals surface area (Å²) in [5, 5.41) is 8.67. The summed E-state index contributed by atoms with van der Waals surface area (Å²) in [5.41, 5.74) is 6.35. The molecule has 19 heavy (non-hydrogen) atoms. The normalized spacial score (nSPS) is 10.8. The second-order valence-corrected chi connectivity index (χ2v) is 4.05. The van der Waals surface area contributed by atoms with Crippen LogP contribution < -0.4 is 5.73 Å². The molecule has 2 N–H and O–H groups in total. The number of rotatable bonds is 3. The summed E-state index contributed by atoms with van der Waals surface area (Å²) in [4.78, 5) is 17.8. The largest absolute Gasteiger partial charge is 0.338 e. The first-order valence-electron chi connectivity index (χ1n) is 5.88. The molecule has 1 atom stereocenters. The predicted molar refractivity (Wildman–Crippen MR) is 72.0 cm³/mol. The maximum absolute atomic E-state index is 12.3. The lowest BCUT2D eigenvalue weighted by Gasteiger charge is -2.23. The van der Waals surface area contributed by atoms with E-state index in [-0.39, 0.29) is 24.9 Å². The lowest BCUT2D eigenvalue weighted by molar-refractivity contribution is 0.0746. The van der Waals surface area contributed by atoms with Crippen molar-refractivity contribution in [2.24, 2.45) is 5.73 Å². The Morgan fingerprint density at radius 3 is 3.00 bits per heavy atom. The Labute approximate surface area is 113 Å². The van der Waals surface area contributed by atoms with E-state index in [9.17, 15) is 4.79 Å². The van der Waals surface area contributed by atoms with Gasteiger partial charge in [0.1, 0.15) is 0 Å². The first-order valence-corrected chi connectivity index (χ1v) is 5.88. The van der Waals surface area contributed by atoms with E-state index in [1.807, 2.05) is 6.92 Å². The van der Waals surface area contributed by atoms with Gasteiger partial charge in [0.05, 0.1) is 30.2 Å². The molecule has 98 valence electrons. The molecule has 1 aromatic rings. The van der Waals surface area contributed by atoms with Crippen LogP contribution in [-0.2, 0) is 0 Å². The van der Waals surface area contributed by atoms with Crippen LogP contribution in [0.5, 0.6) is 0 Å². The minimum atomic E-state index is -0.175. The van der Waals surface area contributed by atoms with E-state index in [0.29, 0.717) is 11.1 Å². The molecule has 5 heteroatoms. The number of carbonyl (C=O) groups excluding carboxylic acids is 1. The molecular weight excluding hydrogens is 240 g/mol. The molecule has 0 aliphatic heterocycles. The van der Waals surface area contributed by atoms with Gasteiger partial charge in [-0.3, -0.25) is 9.78 Å². The number of hydrogen-bond donors (Lipinski definition) is 1. The zero-order chi connectivity index (χ0) is 14.3. The van der Waals surface area contributed by atoms with Gasteiger partial charge in [0.15, 0.2) is 0 Å². The van der Waals surface area contributed by atoms with E-state index in [1.54, 1.807) is 25.5 Å². The first kappa shape index (κ1) is 14.7.